The third-order valence-electron chi connectivity index (χ3n) is 2.97. The molecule has 0 heterocycles. The first-order chi connectivity index (χ1) is 10.5. The van der Waals surface area contributed by atoms with Crippen LogP contribution in [0, 0.1) is 5.82 Å². The molecule has 0 aliphatic rings. The number of guanidine groups is 1. The molecule has 1 aromatic carbocycles. The fourth-order valence-electron chi connectivity index (χ4n) is 1.57. The summed E-state index contributed by atoms with van der Waals surface area (Å²) in [5.74, 6) is 0.918. The van der Waals surface area contributed by atoms with Crippen LogP contribution in [-0.2, 0) is 4.74 Å². The highest BCUT2D eigenvalue weighted by molar-refractivity contribution is 5.79. The fraction of sp³-hybridized carbons (Fsp3) is 0.562. The Bertz CT molecular complexity index is 478. The molecule has 1 rings (SSSR count). The molecule has 0 aliphatic carbocycles. The number of nitrogens with one attached hydrogen (secondary N) is 2. The fourth-order valence-corrected chi connectivity index (χ4v) is 1.57. The Balaban J connectivity index is 2.39. The molecular weight excluding hydrogens is 285 g/mol. The summed E-state index contributed by atoms with van der Waals surface area (Å²) in [4.78, 5) is 4.47. The van der Waals surface area contributed by atoms with Crippen LogP contribution >= 0.6 is 0 Å². The van der Waals surface area contributed by atoms with E-state index in [4.69, 9.17) is 9.47 Å². The predicted molar refractivity (Wildman–Crippen MR) is 87.0 cm³/mol. The van der Waals surface area contributed by atoms with Crippen LogP contribution in [0.5, 0.6) is 5.75 Å². The lowest BCUT2D eigenvalue weighted by Gasteiger charge is -2.21. The van der Waals surface area contributed by atoms with E-state index in [1.807, 2.05) is 20.8 Å². The Morgan fingerprint density at radius 1 is 1.32 bits per heavy atom. The van der Waals surface area contributed by atoms with E-state index in [0.717, 1.165) is 6.54 Å². The summed E-state index contributed by atoms with van der Waals surface area (Å²) in [7, 11) is 1.67. The Morgan fingerprint density at radius 3 is 2.73 bits per heavy atom. The van der Waals surface area contributed by atoms with E-state index in [-0.39, 0.29) is 11.4 Å². The Morgan fingerprint density at radius 2 is 2.09 bits per heavy atom. The number of benzene rings is 1. The summed E-state index contributed by atoms with van der Waals surface area (Å²) in [5, 5.41) is 6.32. The van der Waals surface area contributed by atoms with Gasteiger partial charge >= 0.3 is 0 Å². The molecule has 0 fully saturated rings. The van der Waals surface area contributed by atoms with E-state index >= 15 is 0 Å². The SMILES string of the molecule is CCNC(=NCC(C)(C)OC)NCCOc1cccc(F)c1. The molecule has 1 aromatic rings. The van der Waals surface area contributed by atoms with Gasteiger partial charge in [0, 0.05) is 19.7 Å². The lowest BCUT2D eigenvalue weighted by Crippen LogP contribution is -2.40. The molecule has 0 saturated carbocycles. The van der Waals surface area contributed by atoms with E-state index in [1.165, 1.54) is 12.1 Å². The molecule has 0 aromatic heterocycles. The topological polar surface area (TPSA) is 54.9 Å². The molecule has 0 spiro atoms. The van der Waals surface area contributed by atoms with E-state index in [0.29, 0.717) is 31.4 Å². The maximum atomic E-state index is 13.0. The standard InChI is InChI=1S/C16H26FN3O2/c1-5-18-15(20-12-16(2,3)21-4)19-9-10-22-14-8-6-7-13(17)11-14/h6-8,11H,5,9-10,12H2,1-4H3,(H2,18,19,20). The molecule has 0 unspecified atom stereocenters. The van der Waals surface area contributed by atoms with Crippen molar-refractivity contribution in [1.29, 1.82) is 0 Å². The van der Waals surface area contributed by atoms with Gasteiger partial charge in [0.2, 0.25) is 0 Å². The van der Waals surface area contributed by atoms with Crippen LogP contribution in [0.1, 0.15) is 20.8 Å². The summed E-state index contributed by atoms with van der Waals surface area (Å²) in [6.45, 7) is 8.26. The number of rotatable bonds is 8. The lowest BCUT2D eigenvalue weighted by atomic mass is 10.1. The van der Waals surface area contributed by atoms with Gasteiger partial charge in [-0.2, -0.15) is 0 Å². The molecule has 0 radical (unpaired) electrons. The van der Waals surface area contributed by atoms with E-state index in [1.54, 1.807) is 19.2 Å². The van der Waals surface area contributed by atoms with E-state index < -0.39 is 0 Å². The summed E-state index contributed by atoms with van der Waals surface area (Å²) in [6, 6.07) is 6.10. The maximum Gasteiger partial charge on any atom is 0.191 e. The summed E-state index contributed by atoms with van der Waals surface area (Å²) in [6.07, 6.45) is 0. The minimum Gasteiger partial charge on any atom is -0.492 e. The van der Waals surface area contributed by atoms with Crippen molar-refractivity contribution in [1.82, 2.24) is 10.6 Å². The molecule has 6 heteroatoms. The third kappa shape index (κ3) is 7.26. The highest BCUT2D eigenvalue weighted by atomic mass is 19.1. The minimum atomic E-state index is -0.305. The monoisotopic (exact) mass is 311 g/mol. The largest absolute Gasteiger partial charge is 0.492 e. The van der Waals surface area contributed by atoms with Crippen LogP contribution in [0.25, 0.3) is 0 Å². The maximum absolute atomic E-state index is 13.0. The van der Waals surface area contributed by atoms with Crippen molar-refractivity contribution in [2.75, 3.05) is 33.4 Å². The average Bonchev–Trinajstić information content (AvgIpc) is 2.49. The third-order valence-corrected chi connectivity index (χ3v) is 2.97. The van der Waals surface area contributed by atoms with Gasteiger partial charge in [0.15, 0.2) is 5.96 Å². The number of halogens is 1. The molecule has 0 atom stereocenters. The van der Waals surface area contributed by atoms with Gasteiger partial charge in [-0.15, -0.1) is 0 Å². The lowest BCUT2D eigenvalue weighted by molar-refractivity contribution is 0.0310. The van der Waals surface area contributed by atoms with Gasteiger partial charge in [-0.25, -0.2) is 4.39 Å². The first-order valence-electron chi connectivity index (χ1n) is 7.42. The second kappa shape index (κ2) is 9.25. The van der Waals surface area contributed by atoms with Crippen molar-refractivity contribution in [3.63, 3.8) is 0 Å². The van der Waals surface area contributed by atoms with Crippen molar-refractivity contribution in [2.24, 2.45) is 4.99 Å². The molecule has 22 heavy (non-hydrogen) atoms. The van der Waals surface area contributed by atoms with Gasteiger partial charge in [-0.05, 0) is 32.9 Å². The summed E-state index contributed by atoms with van der Waals surface area (Å²) >= 11 is 0. The zero-order valence-corrected chi connectivity index (χ0v) is 13.8. The van der Waals surface area contributed by atoms with E-state index in [9.17, 15) is 4.39 Å². The second-order valence-corrected chi connectivity index (χ2v) is 5.39. The molecule has 2 N–H and O–H groups in total. The molecule has 0 amide bonds. The van der Waals surface area contributed by atoms with Crippen LogP contribution in [0.3, 0.4) is 0 Å². The molecule has 0 saturated heterocycles. The Hall–Kier alpha value is -1.82. The molecule has 5 nitrogen and oxygen atoms in total. The summed E-state index contributed by atoms with van der Waals surface area (Å²) < 4.78 is 23.8. The van der Waals surface area contributed by atoms with Crippen molar-refractivity contribution < 1.29 is 13.9 Å². The number of ether oxygens (including phenoxy) is 2. The van der Waals surface area contributed by atoms with E-state index in [2.05, 4.69) is 15.6 Å². The van der Waals surface area contributed by atoms with Crippen LogP contribution < -0.4 is 15.4 Å². The van der Waals surface area contributed by atoms with Gasteiger partial charge in [0.25, 0.3) is 0 Å². The van der Waals surface area contributed by atoms with Crippen molar-refractivity contribution in [2.45, 2.75) is 26.4 Å². The van der Waals surface area contributed by atoms with Crippen LogP contribution in [0.4, 0.5) is 4.39 Å². The number of hydrogen-bond donors (Lipinski definition) is 2. The van der Waals surface area contributed by atoms with Gasteiger partial charge in [0.1, 0.15) is 18.2 Å². The number of methoxy groups -OCH3 is 1. The van der Waals surface area contributed by atoms with Crippen LogP contribution in [0.15, 0.2) is 29.3 Å². The van der Waals surface area contributed by atoms with Gasteiger partial charge in [-0.3, -0.25) is 4.99 Å². The normalized spacial score (nSPS) is 12.1. The van der Waals surface area contributed by atoms with Crippen molar-refractivity contribution in [3.05, 3.63) is 30.1 Å². The molecule has 0 bridgehead atoms. The zero-order chi connectivity index (χ0) is 16.4. The minimum absolute atomic E-state index is 0.304. The van der Waals surface area contributed by atoms with Gasteiger partial charge in [-0.1, -0.05) is 6.07 Å². The number of hydrogen-bond acceptors (Lipinski definition) is 3. The van der Waals surface area contributed by atoms with Crippen molar-refractivity contribution >= 4 is 5.96 Å². The number of aliphatic imine (C=N–C) groups is 1. The quantitative estimate of drug-likeness (QED) is 0.439. The van der Waals surface area contributed by atoms with Crippen LogP contribution in [-0.4, -0.2) is 44.9 Å². The highest BCUT2D eigenvalue weighted by Crippen LogP contribution is 2.11. The molecular formula is C16H26FN3O2. The number of nitrogens with zero attached hydrogens (tertiary/aromatic N) is 1. The molecule has 0 aliphatic heterocycles. The average molecular weight is 311 g/mol. The smallest absolute Gasteiger partial charge is 0.191 e. The highest BCUT2D eigenvalue weighted by Gasteiger charge is 2.15. The second-order valence-electron chi connectivity index (χ2n) is 5.39. The Kier molecular flexibility index (Phi) is 7.66. The molecule has 124 valence electrons. The first-order valence-corrected chi connectivity index (χ1v) is 7.42. The van der Waals surface area contributed by atoms with Gasteiger partial charge in [0.05, 0.1) is 18.7 Å². The predicted octanol–water partition coefficient (Wildman–Crippen LogP) is 2.18. The van der Waals surface area contributed by atoms with Gasteiger partial charge < -0.3 is 20.1 Å². The zero-order valence-electron chi connectivity index (χ0n) is 13.8. The Labute approximate surface area is 131 Å². The first kappa shape index (κ1) is 18.2. The van der Waals surface area contributed by atoms with Crippen LogP contribution in [0.2, 0.25) is 0 Å². The summed E-state index contributed by atoms with van der Waals surface area (Å²) in [5.41, 5.74) is -0.305. The van der Waals surface area contributed by atoms with Crippen molar-refractivity contribution in [3.8, 4) is 5.75 Å².